The molecule has 0 aromatic heterocycles. The third-order valence-electron chi connectivity index (χ3n) is 1.69. The molecule has 14 heavy (non-hydrogen) atoms. The second-order valence-corrected chi connectivity index (χ2v) is 3.33. The van der Waals surface area contributed by atoms with E-state index in [0.29, 0.717) is 13.2 Å². The molecule has 0 aliphatic rings. The third-order valence-corrected chi connectivity index (χ3v) is 1.69. The first kappa shape index (κ1) is 10.8. The first-order chi connectivity index (χ1) is 6.72. The lowest BCUT2D eigenvalue weighted by atomic mass is 10.2. The average Bonchev–Trinajstić information content (AvgIpc) is 2.16. The highest BCUT2D eigenvalue weighted by Gasteiger charge is 1.96. The van der Waals surface area contributed by atoms with Gasteiger partial charge in [-0.1, -0.05) is 18.7 Å². The lowest BCUT2D eigenvalue weighted by molar-refractivity contribution is 0.184. The van der Waals surface area contributed by atoms with E-state index in [4.69, 9.17) is 9.47 Å². The molecule has 0 aliphatic carbocycles. The van der Waals surface area contributed by atoms with Gasteiger partial charge >= 0.3 is 0 Å². The standard InChI is InChI=1S/C12H16O2/c1-10(2)8-14-12-6-4-5-11(7-12)9-13-3/h4-7H,1,8-9H2,2-3H3. The van der Waals surface area contributed by atoms with E-state index in [9.17, 15) is 0 Å². The molecule has 0 saturated carbocycles. The van der Waals surface area contributed by atoms with E-state index in [1.54, 1.807) is 7.11 Å². The van der Waals surface area contributed by atoms with Gasteiger partial charge in [0.1, 0.15) is 12.4 Å². The molecule has 0 saturated heterocycles. The highest BCUT2D eigenvalue weighted by molar-refractivity contribution is 5.28. The largest absolute Gasteiger partial charge is 0.489 e. The number of rotatable bonds is 5. The van der Waals surface area contributed by atoms with Crippen molar-refractivity contribution in [2.24, 2.45) is 0 Å². The molecular formula is C12H16O2. The zero-order valence-electron chi connectivity index (χ0n) is 8.75. The Kier molecular flexibility index (Phi) is 4.20. The van der Waals surface area contributed by atoms with E-state index in [-0.39, 0.29) is 0 Å². The van der Waals surface area contributed by atoms with Crippen LogP contribution in [0.25, 0.3) is 0 Å². The molecular weight excluding hydrogens is 176 g/mol. The van der Waals surface area contributed by atoms with Gasteiger partial charge in [-0.3, -0.25) is 0 Å². The summed E-state index contributed by atoms with van der Waals surface area (Å²) in [6, 6.07) is 7.88. The van der Waals surface area contributed by atoms with Gasteiger partial charge in [0.2, 0.25) is 0 Å². The first-order valence-corrected chi connectivity index (χ1v) is 4.57. The molecule has 0 radical (unpaired) electrons. The van der Waals surface area contributed by atoms with Crippen molar-refractivity contribution in [3.8, 4) is 5.75 Å². The normalized spacial score (nSPS) is 9.86. The Morgan fingerprint density at radius 2 is 2.21 bits per heavy atom. The van der Waals surface area contributed by atoms with Crippen molar-refractivity contribution in [1.82, 2.24) is 0 Å². The number of ether oxygens (including phenoxy) is 2. The summed E-state index contributed by atoms with van der Waals surface area (Å²) in [6.07, 6.45) is 0. The Labute approximate surface area is 85.2 Å². The minimum atomic E-state index is 0.566. The maximum atomic E-state index is 5.50. The highest BCUT2D eigenvalue weighted by atomic mass is 16.5. The SMILES string of the molecule is C=C(C)COc1cccc(COC)c1. The van der Waals surface area contributed by atoms with Crippen molar-refractivity contribution in [3.05, 3.63) is 42.0 Å². The molecule has 0 fully saturated rings. The molecule has 0 bridgehead atoms. The van der Waals surface area contributed by atoms with Crippen molar-refractivity contribution in [2.75, 3.05) is 13.7 Å². The zero-order chi connectivity index (χ0) is 10.4. The van der Waals surface area contributed by atoms with Crippen LogP contribution in [0.2, 0.25) is 0 Å². The smallest absolute Gasteiger partial charge is 0.120 e. The first-order valence-electron chi connectivity index (χ1n) is 4.57. The Morgan fingerprint density at radius 3 is 2.86 bits per heavy atom. The molecule has 1 aromatic rings. The Morgan fingerprint density at radius 1 is 1.43 bits per heavy atom. The fourth-order valence-electron chi connectivity index (χ4n) is 1.10. The van der Waals surface area contributed by atoms with Gasteiger partial charge in [-0.15, -0.1) is 0 Å². The summed E-state index contributed by atoms with van der Waals surface area (Å²) in [5.41, 5.74) is 2.13. The molecule has 0 heterocycles. The summed E-state index contributed by atoms with van der Waals surface area (Å²) >= 11 is 0. The molecule has 1 rings (SSSR count). The monoisotopic (exact) mass is 192 g/mol. The lowest BCUT2D eigenvalue weighted by Crippen LogP contribution is -1.98. The van der Waals surface area contributed by atoms with Crippen LogP contribution in [0.1, 0.15) is 12.5 Å². The summed E-state index contributed by atoms with van der Waals surface area (Å²) < 4.78 is 10.5. The van der Waals surface area contributed by atoms with Gasteiger partial charge in [-0.05, 0) is 30.2 Å². The quantitative estimate of drug-likeness (QED) is 0.668. The number of benzene rings is 1. The van der Waals surface area contributed by atoms with E-state index in [1.165, 1.54) is 0 Å². The van der Waals surface area contributed by atoms with Crippen LogP contribution >= 0.6 is 0 Å². The minimum Gasteiger partial charge on any atom is -0.489 e. The lowest BCUT2D eigenvalue weighted by Gasteiger charge is -2.07. The molecule has 2 nitrogen and oxygen atoms in total. The fraction of sp³-hybridized carbons (Fsp3) is 0.333. The van der Waals surface area contributed by atoms with Crippen molar-refractivity contribution in [1.29, 1.82) is 0 Å². The topological polar surface area (TPSA) is 18.5 Å². The Bertz CT molecular complexity index is 305. The van der Waals surface area contributed by atoms with Crippen molar-refractivity contribution in [2.45, 2.75) is 13.5 Å². The van der Waals surface area contributed by atoms with Gasteiger partial charge in [0.05, 0.1) is 6.61 Å². The van der Waals surface area contributed by atoms with Crippen LogP contribution in [0.5, 0.6) is 5.75 Å². The number of methoxy groups -OCH3 is 1. The van der Waals surface area contributed by atoms with Crippen LogP contribution in [-0.4, -0.2) is 13.7 Å². The van der Waals surface area contributed by atoms with Gasteiger partial charge < -0.3 is 9.47 Å². The van der Waals surface area contributed by atoms with Crippen LogP contribution in [0, 0.1) is 0 Å². The summed E-state index contributed by atoms with van der Waals surface area (Å²) in [5.74, 6) is 0.863. The summed E-state index contributed by atoms with van der Waals surface area (Å²) in [6.45, 7) is 6.90. The van der Waals surface area contributed by atoms with Crippen molar-refractivity contribution < 1.29 is 9.47 Å². The van der Waals surface area contributed by atoms with Gasteiger partial charge in [0.25, 0.3) is 0 Å². The van der Waals surface area contributed by atoms with Crippen LogP contribution < -0.4 is 4.74 Å². The minimum absolute atomic E-state index is 0.566. The molecule has 0 N–H and O–H groups in total. The summed E-state index contributed by atoms with van der Waals surface area (Å²) in [4.78, 5) is 0. The van der Waals surface area contributed by atoms with Crippen LogP contribution in [0.3, 0.4) is 0 Å². The Hall–Kier alpha value is -1.28. The second-order valence-electron chi connectivity index (χ2n) is 3.33. The van der Waals surface area contributed by atoms with Crippen LogP contribution in [0.4, 0.5) is 0 Å². The predicted molar refractivity (Wildman–Crippen MR) is 57.5 cm³/mol. The van der Waals surface area contributed by atoms with E-state index in [1.807, 2.05) is 31.2 Å². The van der Waals surface area contributed by atoms with Crippen molar-refractivity contribution >= 4 is 0 Å². The van der Waals surface area contributed by atoms with E-state index < -0.39 is 0 Å². The fourth-order valence-corrected chi connectivity index (χ4v) is 1.10. The number of hydrogen-bond donors (Lipinski definition) is 0. The molecule has 0 amide bonds. The average molecular weight is 192 g/mol. The van der Waals surface area contributed by atoms with Crippen LogP contribution in [-0.2, 0) is 11.3 Å². The predicted octanol–water partition coefficient (Wildman–Crippen LogP) is 2.79. The molecule has 1 aromatic carbocycles. The van der Waals surface area contributed by atoms with Crippen molar-refractivity contribution in [3.63, 3.8) is 0 Å². The van der Waals surface area contributed by atoms with E-state index in [0.717, 1.165) is 16.9 Å². The maximum absolute atomic E-state index is 5.50. The molecule has 2 heteroatoms. The van der Waals surface area contributed by atoms with Gasteiger partial charge in [0, 0.05) is 7.11 Å². The molecule has 0 aliphatic heterocycles. The molecule has 76 valence electrons. The number of hydrogen-bond acceptors (Lipinski definition) is 2. The molecule has 0 spiro atoms. The second kappa shape index (κ2) is 5.45. The van der Waals surface area contributed by atoms with Crippen LogP contribution in [0.15, 0.2) is 36.4 Å². The van der Waals surface area contributed by atoms with Gasteiger partial charge in [-0.25, -0.2) is 0 Å². The summed E-state index contributed by atoms with van der Waals surface area (Å²) in [5, 5.41) is 0. The molecule has 0 atom stereocenters. The van der Waals surface area contributed by atoms with E-state index in [2.05, 4.69) is 6.58 Å². The van der Waals surface area contributed by atoms with Gasteiger partial charge in [-0.2, -0.15) is 0 Å². The van der Waals surface area contributed by atoms with E-state index >= 15 is 0 Å². The summed E-state index contributed by atoms with van der Waals surface area (Å²) in [7, 11) is 1.68. The highest BCUT2D eigenvalue weighted by Crippen LogP contribution is 2.14. The third kappa shape index (κ3) is 3.62. The Balaban J connectivity index is 2.58. The maximum Gasteiger partial charge on any atom is 0.120 e. The molecule has 0 unspecified atom stereocenters. The zero-order valence-corrected chi connectivity index (χ0v) is 8.75. The van der Waals surface area contributed by atoms with Gasteiger partial charge in [0.15, 0.2) is 0 Å².